The van der Waals surface area contributed by atoms with Crippen molar-refractivity contribution in [3.8, 4) is 0 Å². The molecule has 0 bridgehead atoms. The molecule has 0 spiro atoms. The Bertz CT molecular complexity index is 193. The summed E-state index contributed by atoms with van der Waals surface area (Å²) in [6.45, 7) is 1.39. The molecule has 0 aromatic carbocycles. The summed E-state index contributed by atoms with van der Waals surface area (Å²) in [6.07, 6.45) is 0.495. The van der Waals surface area contributed by atoms with Crippen molar-refractivity contribution in [2.75, 3.05) is 0 Å². The number of aliphatic hydroxyl groups excluding tert-OH is 1. The van der Waals surface area contributed by atoms with E-state index in [-0.39, 0.29) is 5.78 Å². The highest BCUT2D eigenvalue weighted by Gasteiger charge is 2.48. The van der Waals surface area contributed by atoms with Gasteiger partial charge >= 0.3 is 0 Å². The lowest BCUT2D eigenvalue weighted by atomic mass is 9.80. The van der Waals surface area contributed by atoms with Crippen LogP contribution in [0.4, 0.5) is 0 Å². The van der Waals surface area contributed by atoms with Gasteiger partial charge in [-0.15, -0.1) is 11.6 Å². The van der Waals surface area contributed by atoms with Crippen LogP contribution in [0.5, 0.6) is 0 Å². The third-order valence-corrected chi connectivity index (χ3v) is 2.97. The molecule has 3 atom stereocenters. The summed E-state index contributed by atoms with van der Waals surface area (Å²) >= 11 is 5.78. The second-order valence-electron chi connectivity index (χ2n) is 3.28. The van der Waals surface area contributed by atoms with Crippen LogP contribution in [0.15, 0.2) is 0 Å². The molecule has 0 aromatic rings. The highest BCUT2D eigenvalue weighted by atomic mass is 35.5. The van der Waals surface area contributed by atoms with E-state index in [1.165, 1.54) is 6.92 Å². The van der Waals surface area contributed by atoms with Gasteiger partial charge in [-0.2, -0.15) is 0 Å². The van der Waals surface area contributed by atoms with Crippen molar-refractivity contribution in [2.24, 2.45) is 0 Å². The van der Waals surface area contributed by atoms with Crippen LogP contribution in [0, 0.1) is 0 Å². The Kier molecular flexibility index (Phi) is 2.76. The number of Topliss-reactive ketones (excluding diaryl/α,β-unsaturated/α-hetero) is 1. The van der Waals surface area contributed by atoms with Crippen LogP contribution in [0.3, 0.4) is 0 Å². The average Bonchev–Trinajstić information content (AvgIpc) is 1.99. The van der Waals surface area contributed by atoms with E-state index in [4.69, 9.17) is 11.6 Å². The maximum absolute atomic E-state index is 11.3. The maximum Gasteiger partial charge on any atom is 0.168 e. The molecule has 0 saturated heterocycles. The number of aliphatic hydroxyl groups is 2. The molecule has 0 aliphatic heterocycles. The van der Waals surface area contributed by atoms with Gasteiger partial charge in [-0.05, 0) is 19.8 Å². The zero-order chi connectivity index (χ0) is 9.35. The van der Waals surface area contributed by atoms with Crippen molar-refractivity contribution in [3.63, 3.8) is 0 Å². The summed E-state index contributed by atoms with van der Waals surface area (Å²) in [5.41, 5.74) is -1.72. The zero-order valence-electron chi connectivity index (χ0n) is 6.96. The van der Waals surface area contributed by atoms with Crippen molar-refractivity contribution < 1.29 is 15.0 Å². The highest BCUT2D eigenvalue weighted by Crippen LogP contribution is 2.32. The van der Waals surface area contributed by atoms with Crippen LogP contribution in [0.25, 0.3) is 0 Å². The first kappa shape index (κ1) is 9.96. The Morgan fingerprint density at radius 3 is 2.67 bits per heavy atom. The zero-order valence-corrected chi connectivity index (χ0v) is 7.71. The van der Waals surface area contributed by atoms with Crippen LogP contribution in [-0.4, -0.2) is 33.1 Å². The molecule has 0 amide bonds. The van der Waals surface area contributed by atoms with Gasteiger partial charge < -0.3 is 10.2 Å². The van der Waals surface area contributed by atoms with Gasteiger partial charge in [-0.3, -0.25) is 4.79 Å². The molecule has 12 heavy (non-hydrogen) atoms. The smallest absolute Gasteiger partial charge is 0.168 e. The van der Waals surface area contributed by atoms with Crippen LogP contribution in [0.2, 0.25) is 0 Å². The van der Waals surface area contributed by atoms with Crippen molar-refractivity contribution in [1.29, 1.82) is 0 Å². The Morgan fingerprint density at radius 1 is 1.75 bits per heavy atom. The third-order valence-electron chi connectivity index (χ3n) is 2.42. The van der Waals surface area contributed by atoms with Crippen molar-refractivity contribution >= 4 is 17.4 Å². The van der Waals surface area contributed by atoms with E-state index < -0.39 is 17.1 Å². The summed E-state index contributed by atoms with van der Waals surface area (Å²) in [7, 11) is 0. The maximum atomic E-state index is 11.3. The number of hydrogen-bond donors (Lipinski definition) is 2. The number of rotatable bonds is 1. The SMILES string of the molecule is C[C@@H](O)[C@]1(O)C(=O)CCC[C@@H]1Cl. The molecule has 1 aliphatic carbocycles. The number of halogens is 1. The number of carbonyl (C=O) groups is 1. The summed E-state index contributed by atoms with van der Waals surface area (Å²) < 4.78 is 0. The van der Waals surface area contributed by atoms with Crippen molar-refractivity contribution in [3.05, 3.63) is 0 Å². The predicted octanol–water partition coefficient (Wildman–Crippen LogP) is 0.459. The molecule has 1 rings (SSSR count). The van der Waals surface area contributed by atoms with Gasteiger partial charge in [0.25, 0.3) is 0 Å². The molecule has 0 heterocycles. The van der Waals surface area contributed by atoms with Gasteiger partial charge in [0.2, 0.25) is 0 Å². The van der Waals surface area contributed by atoms with Gasteiger partial charge in [0.15, 0.2) is 11.4 Å². The van der Waals surface area contributed by atoms with E-state index in [2.05, 4.69) is 0 Å². The standard InChI is InChI=1S/C8H13ClO3/c1-5(10)8(12)6(9)3-2-4-7(8)11/h5-6,10,12H,2-4H2,1H3/t5-,6+,8-/m1/s1. The average molecular weight is 193 g/mol. The van der Waals surface area contributed by atoms with E-state index in [0.29, 0.717) is 19.3 Å². The molecule has 2 N–H and O–H groups in total. The second kappa shape index (κ2) is 3.32. The topological polar surface area (TPSA) is 57.5 Å². The molecule has 3 nitrogen and oxygen atoms in total. The van der Waals surface area contributed by atoms with Gasteiger partial charge in [0, 0.05) is 6.42 Å². The van der Waals surface area contributed by atoms with Gasteiger partial charge in [-0.25, -0.2) is 0 Å². The molecule has 1 saturated carbocycles. The Balaban J connectivity index is 2.88. The lowest BCUT2D eigenvalue weighted by Gasteiger charge is -2.37. The molecule has 0 unspecified atom stereocenters. The minimum atomic E-state index is -1.72. The first-order chi connectivity index (χ1) is 5.49. The lowest BCUT2D eigenvalue weighted by molar-refractivity contribution is -0.152. The van der Waals surface area contributed by atoms with E-state index >= 15 is 0 Å². The first-order valence-corrected chi connectivity index (χ1v) is 4.51. The summed E-state index contributed by atoms with van der Waals surface area (Å²) in [4.78, 5) is 11.3. The molecule has 0 radical (unpaired) electrons. The van der Waals surface area contributed by atoms with Crippen molar-refractivity contribution in [2.45, 2.75) is 43.3 Å². The van der Waals surface area contributed by atoms with Gasteiger partial charge in [-0.1, -0.05) is 0 Å². The molecular formula is C8H13ClO3. The molecule has 70 valence electrons. The minimum absolute atomic E-state index is 0.310. The summed E-state index contributed by atoms with van der Waals surface area (Å²) in [5, 5.41) is 18.3. The molecule has 4 heteroatoms. The minimum Gasteiger partial charge on any atom is -0.390 e. The van der Waals surface area contributed by atoms with Gasteiger partial charge in [0.05, 0.1) is 11.5 Å². The predicted molar refractivity (Wildman–Crippen MR) is 45.1 cm³/mol. The Hall–Kier alpha value is -0.120. The van der Waals surface area contributed by atoms with Crippen LogP contribution in [0.1, 0.15) is 26.2 Å². The quantitative estimate of drug-likeness (QED) is 0.594. The number of alkyl halides is 1. The lowest BCUT2D eigenvalue weighted by Crippen LogP contribution is -2.57. The second-order valence-corrected chi connectivity index (χ2v) is 3.81. The summed E-state index contributed by atoms with van der Waals surface area (Å²) in [6, 6.07) is 0. The fourth-order valence-corrected chi connectivity index (χ4v) is 1.99. The number of hydrogen-bond acceptors (Lipinski definition) is 3. The van der Waals surface area contributed by atoms with Crippen LogP contribution >= 0.6 is 11.6 Å². The number of carbonyl (C=O) groups excluding carboxylic acids is 1. The Labute approximate surface area is 76.3 Å². The Morgan fingerprint density at radius 2 is 2.33 bits per heavy atom. The van der Waals surface area contributed by atoms with Gasteiger partial charge in [0.1, 0.15) is 0 Å². The molecule has 0 aromatic heterocycles. The van der Waals surface area contributed by atoms with E-state index in [9.17, 15) is 15.0 Å². The van der Waals surface area contributed by atoms with Crippen LogP contribution < -0.4 is 0 Å². The first-order valence-electron chi connectivity index (χ1n) is 4.07. The fraction of sp³-hybridized carbons (Fsp3) is 0.875. The third kappa shape index (κ3) is 1.37. The van der Waals surface area contributed by atoms with Crippen molar-refractivity contribution in [1.82, 2.24) is 0 Å². The fourth-order valence-electron chi connectivity index (χ4n) is 1.53. The largest absolute Gasteiger partial charge is 0.390 e. The highest BCUT2D eigenvalue weighted by molar-refractivity contribution is 6.24. The van der Waals surface area contributed by atoms with E-state index in [1.54, 1.807) is 0 Å². The van der Waals surface area contributed by atoms with Crippen LogP contribution in [-0.2, 0) is 4.79 Å². The van der Waals surface area contributed by atoms with E-state index in [1.807, 2.05) is 0 Å². The monoisotopic (exact) mass is 192 g/mol. The molecule has 1 aliphatic rings. The molecule has 1 fully saturated rings. The summed E-state index contributed by atoms with van der Waals surface area (Å²) in [5.74, 6) is -0.344. The van der Waals surface area contributed by atoms with E-state index in [0.717, 1.165) is 0 Å². The molecular weight excluding hydrogens is 180 g/mol. The number of ketones is 1. The normalized spacial score (nSPS) is 39.7.